The highest BCUT2D eigenvalue weighted by Crippen LogP contribution is 2.33. The number of likely N-dealkylation sites (N-methyl/N-ethyl adjacent to an activating group) is 1. The average Bonchev–Trinajstić information content (AvgIpc) is 2.30. The van der Waals surface area contributed by atoms with Crippen molar-refractivity contribution in [1.29, 1.82) is 0 Å². The molecule has 2 heteroatoms. The summed E-state index contributed by atoms with van der Waals surface area (Å²) in [6.07, 6.45) is 2.38. The minimum atomic E-state index is 0.281. The van der Waals surface area contributed by atoms with Gasteiger partial charge in [-0.15, -0.1) is 0 Å². The Kier molecular flexibility index (Phi) is 3.85. The highest BCUT2D eigenvalue weighted by molar-refractivity contribution is 5.37. The SMILES string of the molecule is CCN1CCCC(N)C1c1c(C)cccc1C. The van der Waals surface area contributed by atoms with Crippen LogP contribution in [-0.4, -0.2) is 24.0 Å². The molecule has 2 N–H and O–H groups in total. The molecule has 0 spiro atoms. The van der Waals surface area contributed by atoms with Crippen molar-refractivity contribution >= 4 is 0 Å². The number of rotatable bonds is 2. The largest absolute Gasteiger partial charge is 0.326 e. The second-order valence-electron chi connectivity index (χ2n) is 5.18. The van der Waals surface area contributed by atoms with Gasteiger partial charge in [-0.2, -0.15) is 0 Å². The number of hydrogen-bond acceptors (Lipinski definition) is 2. The van der Waals surface area contributed by atoms with E-state index in [4.69, 9.17) is 5.73 Å². The quantitative estimate of drug-likeness (QED) is 0.849. The fourth-order valence-corrected chi connectivity index (χ4v) is 3.14. The van der Waals surface area contributed by atoms with Crippen LogP contribution in [0.3, 0.4) is 0 Å². The molecule has 1 saturated heterocycles. The molecule has 2 rings (SSSR count). The fourth-order valence-electron chi connectivity index (χ4n) is 3.14. The topological polar surface area (TPSA) is 29.3 Å². The van der Waals surface area contributed by atoms with Gasteiger partial charge < -0.3 is 5.73 Å². The lowest BCUT2D eigenvalue weighted by atomic mass is 9.86. The molecule has 0 aliphatic carbocycles. The lowest BCUT2D eigenvalue weighted by Gasteiger charge is -2.41. The van der Waals surface area contributed by atoms with Crippen molar-refractivity contribution in [2.75, 3.05) is 13.1 Å². The number of nitrogens with zero attached hydrogens (tertiary/aromatic N) is 1. The zero-order valence-corrected chi connectivity index (χ0v) is 11.2. The van der Waals surface area contributed by atoms with Crippen LogP contribution in [0.15, 0.2) is 18.2 Å². The summed E-state index contributed by atoms with van der Waals surface area (Å²) in [4.78, 5) is 2.53. The van der Waals surface area contributed by atoms with Crippen molar-refractivity contribution in [1.82, 2.24) is 4.90 Å². The average molecular weight is 232 g/mol. The van der Waals surface area contributed by atoms with Crippen LogP contribution < -0.4 is 5.73 Å². The first-order chi connectivity index (χ1) is 8.15. The summed E-state index contributed by atoms with van der Waals surface area (Å²) in [6.45, 7) is 8.92. The second kappa shape index (κ2) is 5.19. The Morgan fingerprint density at radius 2 is 1.94 bits per heavy atom. The number of aryl methyl sites for hydroxylation is 2. The van der Waals surface area contributed by atoms with Crippen molar-refractivity contribution in [3.8, 4) is 0 Å². The number of piperidine rings is 1. The molecule has 0 aromatic heterocycles. The van der Waals surface area contributed by atoms with Crippen LogP contribution >= 0.6 is 0 Å². The monoisotopic (exact) mass is 232 g/mol. The maximum absolute atomic E-state index is 6.37. The van der Waals surface area contributed by atoms with Crippen molar-refractivity contribution < 1.29 is 0 Å². The fraction of sp³-hybridized carbons (Fsp3) is 0.600. The number of likely N-dealkylation sites (tertiary alicyclic amines) is 1. The van der Waals surface area contributed by atoms with Gasteiger partial charge in [0.15, 0.2) is 0 Å². The highest BCUT2D eigenvalue weighted by atomic mass is 15.2. The van der Waals surface area contributed by atoms with Gasteiger partial charge in [-0.05, 0) is 56.5 Å². The first kappa shape index (κ1) is 12.6. The molecule has 1 aliphatic heterocycles. The first-order valence-electron chi connectivity index (χ1n) is 6.71. The van der Waals surface area contributed by atoms with Crippen LogP contribution in [0.25, 0.3) is 0 Å². The van der Waals surface area contributed by atoms with Gasteiger partial charge in [0.25, 0.3) is 0 Å². The van der Waals surface area contributed by atoms with E-state index in [-0.39, 0.29) is 6.04 Å². The smallest absolute Gasteiger partial charge is 0.0504 e. The van der Waals surface area contributed by atoms with Gasteiger partial charge >= 0.3 is 0 Å². The maximum atomic E-state index is 6.37. The Morgan fingerprint density at radius 3 is 2.53 bits per heavy atom. The summed E-state index contributed by atoms with van der Waals surface area (Å²) < 4.78 is 0. The van der Waals surface area contributed by atoms with E-state index >= 15 is 0 Å². The van der Waals surface area contributed by atoms with Gasteiger partial charge in [-0.1, -0.05) is 25.1 Å². The van der Waals surface area contributed by atoms with E-state index in [1.165, 1.54) is 29.7 Å². The third-order valence-corrected chi connectivity index (χ3v) is 4.03. The van der Waals surface area contributed by atoms with Crippen LogP contribution in [0.4, 0.5) is 0 Å². The predicted molar refractivity (Wildman–Crippen MR) is 73.1 cm³/mol. The van der Waals surface area contributed by atoms with Crippen molar-refractivity contribution in [2.45, 2.75) is 45.7 Å². The molecule has 1 heterocycles. The van der Waals surface area contributed by atoms with Gasteiger partial charge in [-0.3, -0.25) is 4.90 Å². The van der Waals surface area contributed by atoms with Crippen molar-refractivity contribution in [3.05, 3.63) is 34.9 Å². The van der Waals surface area contributed by atoms with Gasteiger partial charge in [0.2, 0.25) is 0 Å². The molecule has 0 radical (unpaired) electrons. The molecular formula is C15H24N2. The summed E-state index contributed by atoms with van der Waals surface area (Å²) in [6, 6.07) is 7.24. The first-order valence-corrected chi connectivity index (χ1v) is 6.71. The van der Waals surface area contributed by atoms with Crippen LogP contribution in [0, 0.1) is 13.8 Å². The Morgan fingerprint density at radius 1 is 1.29 bits per heavy atom. The Labute approximate surface area is 105 Å². The van der Waals surface area contributed by atoms with Crippen LogP contribution in [0.2, 0.25) is 0 Å². The van der Waals surface area contributed by atoms with E-state index < -0.39 is 0 Å². The molecule has 1 aliphatic rings. The summed E-state index contributed by atoms with van der Waals surface area (Å²) in [5, 5.41) is 0. The van der Waals surface area contributed by atoms with Crippen LogP contribution in [0.5, 0.6) is 0 Å². The normalized spacial score (nSPS) is 26.1. The van der Waals surface area contributed by atoms with E-state index in [2.05, 4.69) is 43.9 Å². The molecule has 1 fully saturated rings. The zero-order chi connectivity index (χ0) is 12.4. The van der Waals surface area contributed by atoms with Crippen molar-refractivity contribution in [2.24, 2.45) is 5.73 Å². The lowest BCUT2D eigenvalue weighted by Crippen LogP contribution is -2.46. The lowest BCUT2D eigenvalue weighted by molar-refractivity contribution is 0.135. The standard InChI is InChI=1S/C15H24N2/c1-4-17-10-6-9-13(16)15(17)14-11(2)7-5-8-12(14)3/h5,7-8,13,15H,4,6,9-10,16H2,1-3H3. The minimum absolute atomic E-state index is 0.281. The second-order valence-corrected chi connectivity index (χ2v) is 5.18. The van der Waals surface area contributed by atoms with Crippen LogP contribution in [-0.2, 0) is 0 Å². The Bertz CT molecular complexity index is 366. The van der Waals surface area contributed by atoms with Gasteiger partial charge in [0.05, 0.1) is 6.04 Å². The van der Waals surface area contributed by atoms with E-state index in [0.717, 1.165) is 13.0 Å². The molecule has 1 aromatic rings. The molecule has 2 nitrogen and oxygen atoms in total. The highest BCUT2D eigenvalue weighted by Gasteiger charge is 2.30. The number of benzene rings is 1. The Balaban J connectivity index is 2.41. The molecule has 2 atom stereocenters. The summed E-state index contributed by atoms with van der Waals surface area (Å²) in [5.74, 6) is 0. The molecule has 0 amide bonds. The zero-order valence-electron chi connectivity index (χ0n) is 11.2. The molecule has 17 heavy (non-hydrogen) atoms. The van der Waals surface area contributed by atoms with Crippen LogP contribution in [0.1, 0.15) is 42.5 Å². The molecular weight excluding hydrogens is 208 g/mol. The van der Waals surface area contributed by atoms with E-state index in [0.29, 0.717) is 6.04 Å². The van der Waals surface area contributed by atoms with Gasteiger partial charge in [-0.25, -0.2) is 0 Å². The molecule has 94 valence electrons. The van der Waals surface area contributed by atoms with E-state index in [9.17, 15) is 0 Å². The Hall–Kier alpha value is -0.860. The number of nitrogens with two attached hydrogens (primary N) is 1. The summed E-state index contributed by atoms with van der Waals surface area (Å²) in [5.41, 5.74) is 10.6. The van der Waals surface area contributed by atoms with E-state index in [1.807, 2.05) is 0 Å². The van der Waals surface area contributed by atoms with E-state index in [1.54, 1.807) is 0 Å². The molecule has 0 bridgehead atoms. The summed E-state index contributed by atoms with van der Waals surface area (Å²) >= 11 is 0. The third kappa shape index (κ3) is 2.38. The molecule has 2 unspecified atom stereocenters. The molecule has 0 saturated carbocycles. The predicted octanol–water partition coefficient (Wildman–Crippen LogP) is 2.79. The number of hydrogen-bond donors (Lipinski definition) is 1. The third-order valence-electron chi connectivity index (χ3n) is 4.03. The van der Waals surface area contributed by atoms with Gasteiger partial charge in [0.1, 0.15) is 0 Å². The minimum Gasteiger partial charge on any atom is -0.326 e. The van der Waals surface area contributed by atoms with Crippen molar-refractivity contribution in [3.63, 3.8) is 0 Å². The molecule has 1 aromatic carbocycles. The van der Waals surface area contributed by atoms with Gasteiger partial charge in [0, 0.05) is 6.04 Å². The summed E-state index contributed by atoms with van der Waals surface area (Å²) in [7, 11) is 0. The maximum Gasteiger partial charge on any atom is 0.0504 e.